The number of hydrogen-bond donors (Lipinski definition) is 0. The van der Waals surface area contributed by atoms with Crippen LogP contribution in [0.3, 0.4) is 0 Å². The van der Waals surface area contributed by atoms with E-state index < -0.39 is 10.2 Å². The van der Waals surface area contributed by atoms with E-state index in [9.17, 15) is 13.2 Å². The molecular weight excluding hydrogens is 314 g/mol. The molecule has 1 aromatic carbocycles. The van der Waals surface area contributed by atoms with Crippen LogP contribution in [0.25, 0.3) is 0 Å². The van der Waals surface area contributed by atoms with Crippen LogP contribution in [0, 0.1) is 5.92 Å². The highest BCUT2D eigenvalue weighted by molar-refractivity contribution is 7.90. The minimum atomic E-state index is -3.52. The quantitative estimate of drug-likeness (QED) is 0.840. The minimum absolute atomic E-state index is 0.0150. The first-order chi connectivity index (χ1) is 10.7. The Morgan fingerprint density at radius 1 is 1.17 bits per heavy atom. The molecule has 23 heavy (non-hydrogen) atoms. The molecule has 0 bridgehead atoms. The highest BCUT2D eigenvalue weighted by Crippen LogP contribution is 2.21. The summed E-state index contributed by atoms with van der Waals surface area (Å²) in [5.41, 5.74) is 1.13. The summed E-state index contributed by atoms with van der Waals surface area (Å²) in [5, 5.41) is 0. The molecule has 1 fully saturated rings. The van der Waals surface area contributed by atoms with Crippen molar-refractivity contribution in [3.05, 3.63) is 29.8 Å². The number of anilines is 1. The van der Waals surface area contributed by atoms with Crippen molar-refractivity contribution in [2.45, 2.75) is 19.8 Å². The smallest absolute Gasteiger partial charge is 0.303 e. The van der Waals surface area contributed by atoms with Gasteiger partial charge in [0.05, 0.1) is 5.69 Å². The van der Waals surface area contributed by atoms with Gasteiger partial charge in [-0.15, -0.1) is 0 Å². The number of hydrogen-bond acceptors (Lipinski definition) is 3. The number of nitrogens with zero attached hydrogens (tertiary/aromatic N) is 3. The summed E-state index contributed by atoms with van der Waals surface area (Å²) in [4.78, 5) is 14.4. The maximum absolute atomic E-state index is 12.5. The summed E-state index contributed by atoms with van der Waals surface area (Å²) in [6, 6.07) is 6.72. The third-order valence-electron chi connectivity index (χ3n) is 4.23. The molecule has 1 aromatic rings. The predicted molar refractivity (Wildman–Crippen MR) is 91.8 cm³/mol. The van der Waals surface area contributed by atoms with Crippen molar-refractivity contribution in [3.63, 3.8) is 0 Å². The van der Waals surface area contributed by atoms with E-state index in [2.05, 4.69) is 6.92 Å². The van der Waals surface area contributed by atoms with Crippen LogP contribution in [0.1, 0.15) is 30.1 Å². The summed E-state index contributed by atoms with van der Waals surface area (Å²) >= 11 is 0. The van der Waals surface area contributed by atoms with Gasteiger partial charge in [0.1, 0.15) is 0 Å². The lowest BCUT2D eigenvalue weighted by Crippen LogP contribution is -2.39. The maximum Gasteiger partial charge on any atom is 0.303 e. The average Bonchev–Trinajstić information content (AvgIpc) is 2.53. The summed E-state index contributed by atoms with van der Waals surface area (Å²) in [5.74, 6) is 0.546. The molecule has 0 aromatic heterocycles. The molecule has 128 valence electrons. The molecule has 1 amide bonds. The lowest BCUT2D eigenvalue weighted by molar-refractivity contribution is 0.0683. The molecule has 1 aliphatic heterocycles. The second-order valence-electron chi connectivity index (χ2n) is 6.30. The molecule has 1 aliphatic rings. The van der Waals surface area contributed by atoms with Gasteiger partial charge in [0, 0.05) is 39.8 Å². The SMILES string of the molecule is C[C@@H]1CCCN(C(=O)c2ccc(N(C)S(=O)(=O)N(C)C)cc2)C1. The molecule has 0 spiro atoms. The Kier molecular flexibility index (Phi) is 5.31. The van der Waals surface area contributed by atoms with Gasteiger partial charge < -0.3 is 4.90 Å². The van der Waals surface area contributed by atoms with Crippen LogP contribution in [-0.4, -0.2) is 57.8 Å². The van der Waals surface area contributed by atoms with Gasteiger partial charge >= 0.3 is 10.2 Å². The van der Waals surface area contributed by atoms with E-state index in [1.807, 2.05) is 4.90 Å². The van der Waals surface area contributed by atoms with Crippen LogP contribution in [0.4, 0.5) is 5.69 Å². The number of carbonyl (C=O) groups is 1. The van der Waals surface area contributed by atoms with Gasteiger partial charge in [-0.25, -0.2) is 0 Å². The van der Waals surface area contributed by atoms with E-state index in [-0.39, 0.29) is 5.91 Å². The Morgan fingerprint density at radius 2 is 1.78 bits per heavy atom. The van der Waals surface area contributed by atoms with Gasteiger partial charge in [-0.05, 0) is 43.0 Å². The zero-order valence-corrected chi connectivity index (χ0v) is 15.0. The molecular formula is C16H25N3O3S. The first kappa shape index (κ1) is 17.7. The van der Waals surface area contributed by atoms with E-state index in [0.717, 1.165) is 30.2 Å². The van der Waals surface area contributed by atoms with Crippen molar-refractivity contribution >= 4 is 21.8 Å². The van der Waals surface area contributed by atoms with E-state index in [1.165, 1.54) is 25.4 Å². The highest BCUT2D eigenvalue weighted by atomic mass is 32.2. The van der Waals surface area contributed by atoms with Crippen LogP contribution < -0.4 is 4.31 Å². The van der Waals surface area contributed by atoms with Gasteiger partial charge in [0.15, 0.2) is 0 Å². The number of likely N-dealkylation sites (tertiary alicyclic amines) is 1. The molecule has 1 heterocycles. The third kappa shape index (κ3) is 3.84. The number of rotatable bonds is 4. The van der Waals surface area contributed by atoms with E-state index >= 15 is 0 Å². The second kappa shape index (κ2) is 6.88. The zero-order chi connectivity index (χ0) is 17.2. The maximum atomic E-state index is 12.5. The minimum Gasteiger partial charge on any atom is -0.338 e. The number of carbonyl (C=O) groups excluding carboxylic acids is 1. The Morgan fingerprint density at radius 3 is 2.30 bits per heavy atom. The van der Waals surface area contributed by atoms with Crippen molar-refractivity contribution in [2.24, 2.45) is 5.92 Å². The molecule has 1 saturated heterocycles. The monoisotopic (exact) mass is 339 g/mol. The Bertz CT molecular complexity index is 656. The normalized spacial score (nSPS) is 19.0. The van der Waals surface area contributed by atoms with Crippen LogP contribution in [0.15, 0.2) is 24.3 Å². The number of benzene rings is 1. The predicted octanol–water partition coefficient (Wildman–Crippen LogP) is 1.80. The van der Waals surface area contributed by atoms with Crippen molar-refractivity contribution in [1.29, 1.82) is 0 Å². The third-order valence-corrected chi connectivity index (χ3v) is 6.06. The Hall–Kier alpha value is -1.60. The topological polar surface area (TPSA) is 60.9 Å². The first-order valence-electron chi connectivity index (χ1n) is 7.79. The molecule has 7 heteroatoms. The fourth-order valence-corrected chi connectivity index (χ4v) is 3.63. The second-order valence-corrected chi connectivity index (χ2v) is 8.48. The average molecular weight is 339 g/mol. The zero-order valence-electron chi connectivity index (χ0n) is 14.2. The molecule has 2 rings (SSSR count). The van der Waals surface area contributed by atoms with Gasteiger partial charge in [-0.1, -0.05) is 6.92 Å². The summed E-state index contributed by atoms with van der Waals surface area (Å²) in [7, 11) is 0.954. The molecule has 0 radical (unpaired) electrons. The molecule has 6 nitrogen and oxygen atoms in total. The van der Waals surface area contributed by atoms with Crippen molar-refractivity contribution in [2.75, 3.05) is 38.5 Å². The van der Waals surface area contributed by atoms with Crippen LogP contribution in [0.5, 0.6) is 0 Å². The molecule has 0 unspecified atom stereocenters. The van der Waals surface area contributed by atoms with E-state index in [0.29, 0.717) is 17.2 Å². The Balaban J connectivity index is 2.15. The fourth-order valence-electron chi connectivity index (χ4n) is 2.75. The summed E-state index contributed by atoms with van der Waals surface area (Å²) < 4.78 is 26.6. The van der Waals surface area contributed by atoms with E-state index in [4.69, 9.17) is 0 Å². The van der Waals surface area contributed by atoms with Crippen molar-refractivity contribution in [3.8, 4) is 0 Å². The van der Waals surface area contributed by atoms with Gasteiger partial charge in [-0.2, -0.15) is 12.7 Å². The highest BCUT2D eigenvalue weighted by Gasteiger charge is 2.23. The number of amides is 1. The molecule has 1 atom stereocenters. The Labute approximate surface area is 138 Å². The summed E-state index contributed by atoms with van der Waals surface area (Å²) in [6.07, 6.45) is 2.20. The molecule has 0 aliphatic carbocycles. The fraction of sp³-hybridized carbons (Fsp3) is 0.562. The van der Waals surface area contributed by atoms with Crippen LogP contribution in [-0.2, 0) is 10.2 Å². The van der Waals surface area contributed by atoms with E-state index in [1.54, 1.807) is 24.3 Å². The molecule has 0 N–H and O–H groups in total. The lowest BCUT2D eigenvalue weighted by Gasteiger charge is -2.31. The number of piperidine rings is 1. The summed E-state index contributed by atoms with van der Waals surface area (Å²) in [6.45, 7) is 3.74. The first-order valence-corrected chi connectivity index (χ1v) is 9.19. The molecule has 0 saturated carbocycles. The lowest BCUT2D eigenvalue weighted by atomic mass is 9.99. The van der Waals surface area contributed by atoms with Crippen molar-refractivity contribution in [1.82, 2.24) is 9.21 Å². The largest absolute Gasteiger partial charge is 0.338 e. The standard InChI is InChI=1S/C16H25N3O3S/c1-13-6-5-11-19(12-13)16(20)14-7-9-15(10-8-14)18(4)23(21,22)17(2)3/h7-10,13H,5-6,11-12H2,1-4H3/t13-/m1/s1. The van der Waals surface area contributed by atoms with Crippen LogP contribution in [0.2, 0.25) is 0 Å². The van der Waals surface area contributed by atoms with Crippen molar-refractivity contribution < 1.29 is 13.2 Å². The van der Waals surface area contributed by atoms with Gasteiger partial charge in [-0.3, -0.25) is 9.10 Å². The van der Waals surface area contributed by atoms with Gasteiger partial charge in [0.25, 0.3) is 5.91 Å². The van der Waals surface area contributed by atoms with Crippen LogP contribution >= 0.6 is 0 Å². The van der Waals surface area contributed by atoms with Gasteiger partial charge in [0.2, 0.25) is 0 Å².